The number of aliphatic hydroxyl groups is 3. The standard InChI is InChI=1S/C22H26N2O10S/c1-11(26)23-18-20(28)19(27)16(10-25)34-22(18)33-15-8-4-7-14(21(29)30)17(15)12-5-3-6-13(9-12)24-35(2,31)32/h3-9,16,18-20,22,24-25,27-28H,10H2,1-2H3,(H,23,26)(H,29,30)/t16?,18?,19-,20+,22+/m0/s1. The molecule has 1 aliphatic rings. The largest absolute Gasteiger partial charge is 0.478 e. The lowest BCUT2D eigenvalue weighted by Crippen LogP contribution is -2.65. The average Bonchev–Trinajstić information content (AvgIpc) is 2.77. The van der Waals surface area contributed by atoms with Gasteiger partial charge < -0.3 is 35.2 Å². The topological polar surface area (TPSA) is 192 Å². The predicted molar refractivity (Wildman–Crippen MR) is 123 cm³/mol. The highest BCUT2D eigenvalue weighted by molar-refractivity contribution is 7.92. The summed E-state index contributed by atoms with van der Waals surface area (Å²) in [5, 5.41) is 42.5. The molecule has 1 amide bonds. The van der Waals surface area contributed by atoms with E-state index in [9.17, 15) is 38.4 Å². The Balaban J connectivity index is 2.09. The molecule has 0 aromatic heterocycles. The van der Waals surface area contributed by atoms with E-state index in [1.165, 1.54) is 43.3 Å². The van der Waals surface area contributed by atoms with Crippen molar-refractivity contribution < 1.29 is 47.9 Å². The lowest BCUT2D eigenvalue weighted by molar-refractivity contribution is -0.244. The molecule has 0 aliphatic carbocycles. The molecule has 0 spiro atoms. The number of amides is 1. The summed E-state index contributed by atoms with van der Waals surface area (Å²) >= 11 is 0. The van der Waals surface area contributed by atoms with Gasteiger partial charge in [-0.2, -0.15) is 0 Å². The van der Waals surface area contributed by atoms with E-state index in [0.29, 0.717) is 0 Å². The second kappa shape index (κ2) is 10.6. The Morgan fingerprint density at radius 3 is 2.40 bits per heavy atom. The number of sulfonamides is 1. The molecule has 35 heavy (non-hydrogen) atoms. The van der Waals surface area contributed by atoms with Crippen LogP contribution in [0.25, 0.3) is 11.1 Å². The number of ether oxygens (including phenoxy) is 2. The first kappa shape index (κ1) is 26.4. The molecule has 3 rings (SSSR count). The molecule has 1 aliphatic heterocycles. The number of hydrogen-bond donors (Lipinski definition) is 6. The van der Waals surface area contributed by atoms with Crippen LogP contribution in [0.15, 0.2) is 42.5 Å². The molecule has 2 aromatic rings. The van der Waals surface area contributed by atoms with Gasteiger partial charge >= 0.3 is 5.97 Å². The van der Waals surface area contributed by atoms with Crippen LogP contribution in [0.1, 0.15) is 17.3 Å². The van der Waals surface area contributed by atoms with E-state index < -0.39 is 59.2 Å². The number of hydrogen-bond acceptors (Lipinski definition) is 9. The van der Waals surface area contributed by atoms with Gasteiger partial charge in [0.2, 0.25) is 22.2 Å². The summed E-state index contributed by atoms with van der Waals surface area (Å²) in [7, 11) is -3.61. The van der Waals surface area contributed by atoms with Crippen molar-refractivity contribution in [3.63, 3.8) is 0 Å². The van der Waals surface area contributed by atoms with E-state index >= 15 is 0 Å². The second-order valence-electron chi connectivity index (χ2n) is 7.99. The molecule has 1 fully saturated rings. The van der Waals surface area contributed by atoms with E-state index in [4.69, 9.17) is 9.47 Å². The summed E-state index contributed by atoms with van der Waals surface area (Å²) in [5.41, 5.74) is 0.367. The number of aromatic carboxylic acids is 1. The number of carbonyl (C=O) groups excluding carboxylic acids is 1. The second-order valence-corrected chi connectivity index (χ2v) is 9.74. The van der Waals surface area contributed by atoms with E-state index in [0.717, 1.165) is 6.26 Å². The number of aliphatic hydroxyl groups excluding tert-OH is 3. The minimum Gasteiger partial charge on any atom is -0.478 e. The molecule has 1 saturated heterocycles. The zero-order valence-corrected chi connectivity index (χ0v) is 19.6. The monoisotopic (exact) mass is 510 g/mol. The van der Waals surface area contributed by atoms with Crippen molar-refractivity contribution in [2.24, 2.45) is 0 Å². The average molecular weight is 511 g/mol. The Morgan fingerprint density at radius 1 is 1.11 bits per heavy atom. The number of carboxylic acids is 1. The number of anilines is 1. The fourth-order valence-corrected chi connectivity index (χ4v) is 4.31. The van der Waals surface area contributed by atoms with E-state index in [1.54, 1.807) is 6.07 Å². The van der Waals surface area contributed by atoms with E-state index in [1.807, 2.05) is 0 Å². The molecule has 0 saturated carbocycles. The fourth-order valence-electron chi connectivity index (χ4n) is 3.75. The van der Waals surface area contributed by atoms with Crippen LogP contribution in [0.4, 0.5) is 5.69 Å². The molecule has 1 heterocycles. The van der Waals surface area contributed by atoms with Crippen molar-refractivity contribution in [1.82, 2.24) is 5.32 Å². The maximum absolute atomic E-state index is 12.0. The number of carbonyl (C=O) groups is 2. The van der Waals surface area contributed by atoms with Gasteiger partial charge in [-0.1, -0.05) is 18.2 Å². The third-order valence-electron chi connectivity index (χ3n) is 5.21. The summed E-state index contributed by atoms with van der Waals surface area (Å²) in [6.07, 6.45) is -4.79. The maximum Gasteiger partial charge on any atom is 0.336 e. The first-order chi connectivity index (χ1) is 16.4. The van der Waals surface area contributed by atoms with Gasteiger partial charge in [0, 0.05) is 18.2 Å². The van der Waals surface area contributed by atoms with Gasteiger partial charge in [0.05, 0.1) is 18.4 Å². The van der Waals surface area contributed by atoms with Crippen LogP contribution >= 0.6 is 0 Å². The minimum atomic E-state index is -3.61. The molecule has 6 N–H and O–H groups in total. The highest BCUT2D eigenvalue weighted by Crippen LogP contribution is 2.37. The maximum atomic E-state index is 12.0. The molecule has 190 valence electrons. The Labute approximate surface area is 201 Å². The molecule has 0 radical (unpaired) electrons. The van der Waals surface area contributed by atoms with Crippen molar-refractivity contribution in [2.75, 3.05) is 17.6 Å². The summed E-state index contributed by atoms with van der Waals surface area (Å²) in [6.45, 7) is 0.525. The summed E-state index contributed by atoms with van der Waals surface area (Å²) in [5.74, 6) is -1.87. The van der Waals surface area contributed by atoms with Crippen LogP contribution in [0, 0.1) is 0 Å². The molecule has 2 aromatic carbocycles. The van der Waals surface area contributed by atoms with Crippen LogP contribution in [0.2, 0.25) is 0 Å². The first-order valence-corrected chi connectivity index (χ1v) is 12.3. The zero-order valence-electron chi connectivity index (χ0n) is 18.8. The number of carboxylic acid groups (broad SMARTS) is 1. The Morgan fingerprint density at radius 2 is 1.80 bits per heavy atom. The van der Waals surface area contributed by atoms with Gasteiger partial charge in [0.25, 0.3) is 0 Å². The molecule has 2 unspecified atom stereocenters. The zero-order chi connectivity index (χ0) is 25.9. The molecule has 12 nitrogen and oxygen atoms in total. The smallest absolute Gasteiger partial charge is 0.336 e. The van der Waals surface area contributed by atoms with Gasteiger partial charge in [-0.15, -0.1) is 0 Å². The van der Waals surface area contributed by atoms with E-state index in [2.05, 4.69) is 10.0 Å². The fraction of sp³-hybridized carbons (Fsp3) is 0.364. The van der Waals surface area contributed by atoms with Crippen molar-refractivity contribution in [2.45, 2.75) is 37.6 Å². The Kier molecular flexibility index (Phi) is 7.97. The van der Waals surface area contributed by atoms with Gasteiger partial charge in [0.1, 0.15) is 30.1 Å². The normalized spacial score (nSPS) is 24.4. The Hall–Kier alpha value is -3.23. The van der Waals surface area contributed by atoms with Crippen LogP contribution in [-0.2, 0) is 19.6 Å². The quantitative estimate of drug-likeness (QED) is 0.276. The minimum absolute atomic E-state index is 0.0259. The highest BCUT2D eigenvalue weighted by Gasteiger charge is 2.46. The van der Waals surface area contributed by atoms with E-state index in [-0.39, 0.29) is 28.1 Å². The number of nitrogens with one attached hydrogen (secondary N) is 2. The van der Waals surface area contributed by atoms with Gasteiger partial charge in [-0.25, -0.2) is 13.2 Å². The highest BCUT2D eigenvalue weighted by atomic mass is 32.2. The Bertz CT molecular complexity index is 1200. The summed E-state index contributed by atoms with van der Waals surface area (Å²) < 4.78 is 37.1. The van der Waals surface area contributed by atoms with Gasteiger partial charge in [-0.05, 0) is 29.8 Å². The predicted octanol–water partition coefficient (Wildman–Crippen LogP) is -0.254. The molecule has 0 bridgehead atoms. The van der Waals surface area contributed by atoms with Crippen LogP contribution in [0.3, 0.4) is 0 Å². The molecular weight excluding hydrogens is 484 g/mol. The molecular formula is C22H26N2O10S. The van der Waals surface area contributed by atoms with Crippen LogP contribution in [-0.4, -0.2) is 84.2 Å². The van der Waals surface area contributed by atoms with Gasteiger partial charge in [0.15, 0.2) is 0 Å². The van der Waals surface area contributed by atoms with Crippen molar-refractivity contribution >= 4 is 27.6 Å². The molecule has 5 atom stereocenters. The lowest BCUT2D eigenvalue weighted by atomic mass is 9.96. The van der Waals surface area contributed by atoms with Crippen molar-refractivity contribution in [3.8, 4) is 16.9 Å². The third-order valence-corrected chi connectivity index (χ3v) is 5.81. The number of rotatable bonds is 8. The lowest BCUT2D eigenvalue weighted by Gasteiger charge is -2.42. The SMILES string of the molecule is CC(=O)NC1[C@H](Oc2cccc(C(=O)O)c2-c2cccc(NS(C)(=O)=O)c2)OC(CO)[C@H](O)[C@@H]1O. The summed E-state index contributed by atoms with van der Waals surface area (Å²) in [6, 6.07) is 8.86. The van der Waals surface area contributed by atoms with Crippen LogP contribution in [0.5, 0.6) is 5.75 Å². The van der Waals surface area contributed by atoms with Gasteiger partial charge in [-0.3, -0.25) is 9.52 Å². The molecule has 13 heteroatoms. The van der Waals surface area contributed by atoms with Crippen LogP contribution < -0.4 is 14.8 Å². The third kappa shape index (κ3) is 6.26. The van der Waals surface area contributed by atoms with Crippen molar-refractivity contribution in [3.05, 3.63) is 48.0 Å². The summed E-state index contributed by atoms with van der Waals surface area (Å²) in [4.78, 5) is 23.7. The number of benzene rings is 2. The van der Waals surface area contributed by atoms with Crippen molar-refractivity contribution in [1.29, 1.82) is 0 Å². The first-order valence-electron chi connectivity index (χ1n) is 10.4.